The van der Waals surface area contributed by atoms with Crippen LogP contribution in [0, 0.1) is 46.5 Å². The van der Waals surface area contributed by atoms with Crippen LogP contribution >= 0.6 is 0 Å². The molecule has 0 aromatic heterocycles. The number of hydrogen-bond donors (Lipinski definition) is 4. The summed E-state index contributed by atoms with van der Waals surface area (Å²) in [7, 11) is 0. The monoisotopic (exact) mass is 570 g/mol. The number of halogens is 8. The Bertz CT molecular complexity index is 1180. The fourth-order valence-corrected chi connectivity index (χ4v) is 4.76. The maximum absolute atomic E-state index is 14.5. The molecule has 2 aromatic carbocycles. The van der Waals surface area contributed by atoms with E-state index in [9.17, 15) is 60.0 Å². The predicted octanol–water partition coefficient (Wildman–Crippen LogP) is -5.85. The minimum absolute atomic E-state index is 0. The van der Waals surface area contributed by atoms with Gasteiger partial charge < -0.3 is 54.1 Å². The molecule has 11 nitrogen and oxygen atoms in total. The lowest BCUT2D eigenvalue weighted by Crippen LogP contribution is -2.76. The predicted molar refractivity (Wildman–Crippen MR) is 115 cm³/mol. The maximum atomic E-state index is 14.5. The number of carbonyl (C=O) groups excluding carboxylic acids is 1. The highest BCUT2D eigenvalue weighted by Gasteiger charge is 2.79. The molecular formula is C15H18B4F8O11. The summed E-state index contributed by atoms with van der Waals surface area (Å²) in [5.41, 5.74) is -6.63. The van der Waals surface area contributed by atoms with Crippen LogP contribution in [-0.4, -0.2) is 82.1 Å². The first-order valence-corrected chi connectivity index (χ1v) is 9.97. The summed E-state index contributed by atoms with van der Waals surface area (Å²) < 4.78 is 126. The average Bonchev–Trinajstić information content (AvgIpc) is 3.10. The van der Waals surface area contributed by atoms with Crippen LogP contribution in [0.2, 0.25) is 0 Å². The number of fused-ring (bicyclic) bond motifs is 10. The molecule has 3 heterocycles. The Morgan fingerprint density at radius 3 is 0.737 bits per heavy atom. The molecule has 0 aliphatic carbocycles. The molecule has 5 rings (SSSR count). The van der Waals surface area contributed by atoms with Gasteiger partial charge in [-0.1, -0.05) is 0 Å². The van der Waals surface area contributed by atoms with Crippen molar-refractivity contribution in [2.75, 3.05) is 0 Å². The van der Waals surface area contributed by atoms with Gasteiger partial charge in [0.05, 0.1) is 0 Å². The summed E-state index contributed by atoms with van der Waals surface area (Å²) in [6.45, 7) is -15.4. The van der Waals surface area contributed by atoms with Crippen molar-refractivity contribution >= 4 is 54.7 Å². The Morgan fingerprint density at radius 2 is 0.605 bits per heavy atom. The van der Waals surface area contributed by atoms with E-state index in [1.54, 1.807) is 0 Å². The number of hydrogen-bond acceptors (Lipinski definition) is 5. The zero-order valence-electron chi connectivity index (χ0n) is 18.8. The van der Waals surface area contributed by atoms with E-state index in [1.165, 1.54) is 13.8 Å². The van der Waals surface area contributed by atoms with Gasteiger partial charge >= 0.3 is 27.0 Å². The standard InChI is InChI=1S/C12H8B4F8O8.C3H6O.2H2O/c17-5-1-2(6(18)10(22)9(5)21)14(26)29-13(1,25)31-15(27)3-4(16(28,30-15)32-14)8(20)12(24)11(23)7(3)19;1-3(2)4;;/h25-32H;1-2H3;2*1H2/t13-,14+,15+,16-;;;. The van der Waals surface area contributed by atoms with Gasteiger partial charge in [-0.25, -0.2) is 35.1 Å². The van der Waals surface area contributed by atoms with E-state index in [4.69, 9.17) is 0 Å². The highest BCUT2D eigenvalue weighted by molar-refractivity contribution is 7.07. The third-order valence-corrected chi connectivity index (χ3v) is 5.89. The normalized spacial score (nSPS) is 30.1. The Hall–Kier alpha value is -2.59. The topological polar surface area (TPSA) is 212 Å². The molecule has 23 heteroatoms. The van der Waals surface area contributed by atoms with Crippen molar-refractivity contribution in [1.82, 2.24) is 0 Å². The first kappa shape index (κ1) is 31.6. The van der Waals surface area contributed by atoms with E-state index in [2.05, 4.69) is 18.3 Å². The van der Waals surface area contributed by atoms with Gasteiger partial charge in [0.15, 0.2) is 23.3 Å². The van der Waals surface area contributed by atoms with E-state index in [-0.39, 0.29) is 16.7 Å². The molecule has 2 aromatic rings. The Morgan fingerprint density at radius 1 is 0.474 bits per heavy atom. The highest BCUT2D eigenvalue weighted by atomic mass is 19.2. The third kappa shape index (κ3) is 4.02. The second-order valence-corrected chi connectivity index (χ2v) is 8.61. The van der Waals surface area contributed by atoms with Crippen LogP contribution in [0.15, 0.2) is 0 Å². The second-order valence-electron chi connectivity index (χ2n) is 8.61. The number of ketones is 1. The van der Waals surface area contributed by atoms with Gasteiger partial charge in [-0.05, 0) is 13.8 Å². The lowest BCUT2D eigenvalue weighted by atomic mass is 9.57. The molecular weight excluding hydrogens is 551 g/mol. The number of rotatable bonds is 0. The molecule has 0 unspecified atom stereocenters. The summed E-state index contributed by atoms with van der Waals surface area (Å²) >= 11 is 0. The molecule has 0 amide bonds. The fourth-order valence-electron chi connectivity index (χ4n) is 4.76. The fraction of sp³-hybridized carbons (Fsp3) is 0.133. The van der Waals surface area contributed by atoms with Crippen LogP contribution in [-0.2, 0) is 4.79 Å². The van der Waals surface area contributed by atoms with Crippen LogP contribution in [0.3, 0.4) is 0 Å². The van der Waals surface area contributed by atoms with Crippen LogP contribution in [0.4, 0.5) is 35.1 Å². The molecule has 0 spiro atoms. The van der Waals surface area contributed by atoms with Crippen molar-refractivity contribution in [2.45, 2.75) is 13.8 Å². The summed E-state index contributed by atoms with van der Waals surface area (Å²) in [6, 6.07) is 0. The van der Waals surface area contributed by atoms with Crippen molar-refractivity contribution in [3.05, 3.63) is 46.5 Å². The summed E-state index contributed by atoms with van der Waals surface area (Å²) in [4.78, 5) is 9.44. The molecule has 0 saturated carbocycles. The molecule has 212 valence electrons. The van der Waals surface area contributed by atoms with E-state index >= 15 is 0 Å². The average molecular weight is 570 g/mol. The molecule has 1 fully saturated rings. The quantitative estimate of drug-likeness (QED) is 0.0800. The first-order valence-electron chi connectivity index (χ1n) is 9.97. The largest absolute Gasteiger partial charge is 0.737 e. The Balaban J connectivity index is 0.000000791. The zero-order valence-corrected chi connectivity index (χ0v) is 18.8. The van der Waals surface area contributed by atoms with Crippen molar-refractivity contribution in [2.24, 2.45) is 0 Å². The Labute approximate surface area is 205 Å². The van der Waals surface area contributed by atoms with Crippen LogP contribution in [0.1, 0.15) is 13.8 Å². The van der Waals surface area contributed by atoms with E-state index in [0.29, 0.717) is 0 Å². The number of Topliss-reactive ketones (excluding diaryl/α,β-unsaturated/α-hetero) is 1. The third-order valence-electron chi connectivity index (χ3n) is 5.89. The van der Waals surface area contributed by atoms with Gasteiger partial charge in [-0.2, -0.15) is 0 Å². The SMILES string of the molecule is CC(C)=O.O.O.O[B@-]12[OH+][B@-](O)([OH+][B@-]3(O)[OH+][B@-](O)([OH+]1)c1c(F)c(F)c(F)c(F)c13)c1c(F)c(F)c(F)c(F)c12. The minimum atomic E-state index is -4.62. The molecule has 4 bridgehead atoms. The zero-order chi connectivity index (χ0) is 27.3. The van der Waals surface area contributed by atoms with Crippen molar-refractivity contribution in [3.8, 4) is 0 Å². The molecule has 0 atom stereocenters. The van der Waals surface area contributed by atoms with Crippen molar-refractivity contribution in [3.63, 3.8) is 0 Å². The van der Waals surface area contributed by atoms with Crippen LogP contribution in [0.5, 0.6) is 0 Å². The molecule has 1 saturated heterocycles. The summed E-state index contributed by atoms with van der Waals surface area (Å²) in [5, 5.41) is 42.8. The summed E-state index contributed by atoms with van der Waals surface area (Å²) in [5.74, 6) is -19.2. The van der Waals surface area contributed by atoms with Gasteiger partial charge in [0.2, 0.25) is 0 Å². The van der Waals surface area contributed by atoms with Gasteiger partial charge in [-0.15, -0.1) is 0 Å². The lowest BCUT2D eigenvalue weighted by molar-refractivity contribution is -0.115. The van der Waals surface area contributed by atoms with Gasteiger partial charge in [0, 0.05) is 21.9 Å². The smallest absolute Gasteiger partial charge is 0.680 e. The number of benzene rings is 2. The second kappa shape index (κ2) is 9.26. The van der Waals surface area contributed by atoms with Crippen LogP contribution < -0.4 is 21.9 Å². The highest BCUT2D eigenvalue weighted by Crippen LogP contribution is 2.31. The summed E-state index contributed by atoms with van der Waals surface area (Å²) in [6.07, 6.45) is 0. The maximum Gasteiger partial charge on any atom is 0.680 e. The molecule has 38 heavy (non-hydrogen) atoms. The van der Waals surface area contributed by atoms with Gasteiger partial charge in [0.1, 0.15) is 29.1 Å². The molecule has 3 aliphatic heterocycles. The minimum Gasteiger partial charge on any atom is -0.737 e. The van der Waals surface area contributed by atoms with Crippen LogP contribution in [0.25, 0.3) is 0 Å². The number of carbonyl (C=O) groups is 1. The van der Waals surface area contributed by atoms with Crippen molar-refractivity contribution in [1.29, 1.82) is 0 Å². The molecule has 12 N–H and O–H groups in total. The van der Waals surface area contributed by atoms with Gasteiger partial charge in [0.25, 0.3) is 0 Å². The Kier molecular flexibility index (Phi) is 7.71. The van der Waals surface area contributed by atoms with E-state index < -0.39 is 95.4 Å². The first-order chi connectivity index (χ1) is 16.3. The van der Waals surface area contributed by atoms with E-state index in [1.807, 2.05) is 0 Å². The molecule has 0 radical (unpaired) electrons. The van der Waals surface area contributed by atoms with Gasteiger partial charge in [-0.3, -0.25) is 0 Å². The lowest BCUT2D eigenvalue weighted by Gasteiger charge is -2.46. The van der Waals surface area contributed by atoms with Crippen molar-refractivity contribution < 1.29 is 89.3 Å². The van der Waals surface area contributed by atoms with E-state index in [0.717, 1.165) is 0 Å². The molecule has 3 aliphatic rings.